The van der Waals surface area contributed by atoms with E-state index in [1.54, 1.807) is 17.0 Å². The molecule has 1 amide bonds. The second-order valence-electron chi connectivity index (χ2n) is 8.02. The predicted molar refractivity (Wildman–Crippen MR) is 104 cm³/mol. The molecule has 1 aliphatic carbocycles. The van der Waals surface area contributed by atoms with Gasteiger partial charge in [-0.1, -0.05) is 0 Å². The number of fused-ring (bicyclic) bond motifs is 1. The van der Waals surface area contributed by atoms with E-state index < -0.39 is 11.7 Å². The lowest BCUT2D eigenvalue weighted by Gasteiger charge is -2.25. The lowest BCUT2D eigenvalue weighted by Crippen LogP contribution is -2.31. The van der Waals surface area contributed by atoms with Crippen LogP contribution in [0.4, 0.5) is 10.1 Å². The van der Waals surface area contributed by atoms with Gasteiger partial charge in [0.2, 0.25) is 0 Å². The van der Waals surface area contributed by atoms with Gasteiger partial charge in [0.25, 0.3) is 11.5 Å². The van der Waals surface area contributed by atoms with E-state index in [4.69, 9.17) is 10.9 Å². The van der Waals surface area contributed by atoms with Crippen LogP contribution in [-0.2, 0) is 0 Å². The number of rotatable bonds is 4. The van der Waals surface area contributed by atoms with Gasteiger partial charge in [-0.25, -0.2) is 9.87 Å². The number of aryl methyl sites for hydroxylation is 1. The van der Waals surface area contributed by atoms with E-state index in [0.29, 0.717) is 35.2 Å². The molecule has 7 nitrogen and oxygen atoms in total. The van der Waals surface area contributed by atoms with Crippen molar-refractivity contribution < 1.29 is 14.4 Å². The van der Waals surface area contributed by atoms with E-state index in [1.807, 2.05) is 11.8 Å². The first kappa shape index (κ1) is 18.9. The zero-order valence-electron chi connectivity index (χ0n) is 16.0. The highest BCUT2D eigenvalue weighted by atomic mass is 19.1. The summed E-state index contributed by atoms with van der Waals surface area (Å²) in [7, 11) is 0. The number of hydrogen-bond donors (Lipinski definition) is 3. The van der Waals surface area contributed by atoms with Crippen LogP contribution in [0.5, 0.6) is 0 Å². The molecule has 1 saturated heterocycles. The van der Waals surface area contributed by atoms with Crippen molar-refractivity contribution in [2.75, 3.05) is 18.0 Å². The molecule has 28 heavy (non-hydrogen) atoms. The number of amides is 1. The largest absolute Gasteiger partial charge is 0.369 e. The Kier molecular flexibility index (Phi) is 4.63. The second-order valence-corrected chi connectivity index (χ2v) is 8.02. The molecule has 0 spiro atoms. The number of nitrogens with zero attached hydrogens (tertiary/aromatic N) is 2. The minimum atomic E-state index is -0.824. The van der Waals surface area contributed by atoms with E-state index in [0.717, 1.165) is 19.3 Å². The quantitative estimate of drug-likeness (QED) is 0.550. The van der Waals surface area contributed by atoms with Crippen molar-refractivity contribution in [2.24, 2.45) is 11.7 Å². The molecule has 1 aromatic heterocycles. The summed E-state index contributed by atoms with van der Waals surface area (Å²) in [5, 5.41) is 9.39. The van der Waals surface area contributed by atoms with Gasteiger partial charge in [0.05, 0.1) is 16.8 Å². The van der Waals surface area contributed by atoms with Crippen molar-refractivity contribution in [3.8, 4) is 0 Å². The molecule has 1 aromatic carbocycles. The molecule has 2 heterocycles. The van der Waals surface area contributed by atoms with Crippen LogP contribution in [0.15, 0.2) is 16.9 Å². The Labute approximate surface area is 161 Å². The molecule has 1 aliphatic heterocycles. The Morgan fingerprint density at radius 2 is 2.07 bits per heavy atom. The Hall–Kier alpha value is -2.45. The lowest BCUT2D eigenvalue weighted by atomic mass is 10.0. The highest BCUT2D eigenvalue weighted by molar-refractivity contribution is 6.07. The topological polar surface area (TPSA) is 101 Å². The van der Waals surface area contributed by atoms with E-state index >= 15 is 4.39 Å². The maximum atomic E-state index is 15.2. The SMILES string of the molecule is Cc1c(N2CCC([C@H](C)N)C2)c(F)cc2c(C(=O)NO)cc(=O)n(C3CC3)c12. The molecule has 2 fully saturated rings. The third kappa shape index (κ3) is 2.97. The fraction of sp³-hybridized carbons (Fsp3) is 0.500. The molecule has 4 N–H and O–H groups in total. The van der Waals surface area contributed by atoms with Gasteiger partial charge in [0.1, 0.15) is 5.82 Å². The first-order valence-corrected chi connectivity index (χ1v) is 9.66. The van der Waals surface area contributed by atoms with Crippen molar-refractivity contribution in [3.63, 3.8) is 0 Å². The Bertz CT molecular complexity index is 1010. The molecule has 8 heteroatoms. The van der Waals surface area contributed by atoms with Crippen LogP contribution in [0, 0.1) is 18.7 Å². The van der Waals surface area contributed by atoms with Crippen molar-refractivity contribution in [1.29, 1.82) is 0 Å². The maximum Gasteiger partial charge on any atom is 0.275 e. The van der Waals surface area contributed by atoms with Gasteiger partial charge in [0.15, 0.2) is 0 Å². The summed E-state index contributed by atoms with van der Waals surface area (Å²) in [4.78, 5) is 26.8. The number of nitrogens with two attached hydrogens (primary N) is 1. The monoisotopic (exact) mass is 388 g/mol. The normalized spacial score (nSPS) is 20.6. The summed E-state index contributed by atoms with van der Waals surface area (Å²) < 4.78 is 16.9. The summed E-state index contributed by atoms with van der Waals surface area (Å²) in [5.41, 5.74) is 8.91. The molecule has 1 saturated carbocycles. The molecule has 0 bridgehead atoms. The van der Waals surface area contributed by atoms with E-state index in [-0.39, 0.29) is 29.1 Å². The average Bonchev–Trinajstić information content (AvgIpc) is 3.37. The van der Waals surface area contributed by atoms with Crippen LogP contribution in [0.2, 0.25) is 0 Å². The molecule has 150 valence electrons. The maximum absolute atomic E-state index is 15.2. The minimum absolute atomic E-state index is 0.0252. The zero-order valence-corrected chi connectivity index (χ0v) is 16.0. The number of aromatic nitrogens is 1. The highest BCUT2D eigenvalue weighted by Crippen LogP contribution is 2.40. The molecule has 2 aromatic rings. The van der Waals surface area contributed by atoms with Crippen LogP contribution in [0.1, 0.15) is 48.1 Å². The zero-order chi connectivity index (χ0) is 20.2. The van der Waals surface area contributed by atoms with Crippen LogP contribution in [0.25, 0.3) is 10.9 Å². The Morgan fingerprint density at radius 3 is 2.64 bits per heavy atom. The van der Waals surface area contributed by atoms with Crippen LogP contribution >= 0.6 is 0 Å². The van der Waals surface area contributed by atoms with Crippen LogP contribution in [-0.4, -0.2) is 34.8 Å². The summed E-state index contributed by atoms with van der Waals surface area (Å²) >= 11 is 0. The second kappa shape index (κ2) is 6.86. The van der Waals surface area contributed by atoms with Gasteiger partial charge >= 0.3 is 0 Å². The molecular weight excluding hydrogens is 363 g/mol. The highest BCUT2D eigenvalue weighted by Gasteiger charge is 2.32. The smallest absolute Gasteiger partial charge is 0.275 e. The molecule has 4 rings (SSSR count). The van der Waals surface area contributed by atoms with Crippen molar-refractivity contribution in [3.05, 3.63) is 39.4 Å². The van der Waals surface area contributed by atoms with Gasteiger partial charge in [-0.05, 0) is 50.7 Å². The molecule has 2 aliphatic rings. The van der Waals surface area contributed by atoms with Gasteiger partial charge in [-0.3, -0.25) is 14.8 Å². The number of halogens is 1. The number of benzene rings is 1. The van der Waals surface area contributed by atoms with E-state index in [1.165, 1.54) is 12.1 Å². The summed E-state index contributed by atoms with van der Waals surface area (Å²) in [6, 6.07) is 2.57. The Morgan fingerprint density at radius 1 is 1.36 bits per heavy atom. The first-order valence-electron chi connectivity index (χ1n) is 9.66. The van der Waals surface area contributed by atoms with Crippen molar-refractivity contribution in [2.45, 2.75) is 45.2 Å². The summed E-state index contributed by atoms with van der Waals surface area (Å²) in [6.45, 7) is 5.10. The van der Waals surface area contributed by atoms with E-state index in [9.17, 15) is 9.59 Å². The first-order chi connectivity index (χ1) is 13.3. The number of carbonyl (C=O) groups excluding carboxylic acids is 1. The molecule has 0 radical (unpaired) electrons. The van der Waals surface area contributed by atoms with Crippen LogP contribution in [0.3, 0.4) is 0 Å². The van der Waals surface area contributed by atoms with Gasteiger partial charge < -0.3 is 15.2 Å². The van der Waals surface area contributed by atoms with E-state index in [2.05, 4.69) is 0 Å². The third-order valence-electron chi connectivity index (χ3n) is 6.04. The number of pyridine rings is 1. The minimum Gasteiger partial charge on any atom is -0.369 e. The Balaban J connectivity index is 1.96. The number of anilines is 1. The molecular formula is C20H25FN4O3. The lowest BCUT2D eigenvalue weighted by molar-refractivity contribution is 0.0708. The summed E-state index contributed by atoms with van der Waals surface area (Å²) in [6.07, 6.45) is 2.64. The predicted octanol–water partition coefficient (Wildman–Crippen LogP) is 2.08. The number of nitrogens with one attached hydrogen (secondary N) is 1. The number of hydrogen-bond acceptors (Lipinski definition) is 5. The van der Waals surface area contributed by atoms with Crippen molar-refractivity contribution >= 4 is 22.5 Å². The molecule has 2 atom stereocenters. The van der Waals surface area contributed by atoms with Gasteiger partial charge in [-0.15, -0.1) is 0 Å². The fourth-order valence-corrected chi connectivity index (χ4v) is 4.40. The average molecular weight is 388 g/mol. The standard InChI is InChI=1S/C20H25FN4O3/c1-10-18-14(7-16(21)19(10)24-6-5-12(9-24)11(2)22)15(20(27)23-28)8-17(26)25(18)13-3-4-13/h7-8,11-13,28H,3-6,9,22H2,1-2H3,(H,23,27)/t11-,12?/m0/s1. The molecule has 1 unspecified atom stereocenters. The van der Waals surface area contributed by atoms with Gasteiger partial charge in [0, 0.05) is 36.6 Å². The third-order valence-corrected chi connectivity index (χ3v) is 6.04. The fourth-order valence-electron chi connectivity index (χ4n) is 4.40. The van der Waals surface area contributed by atoms with Gasteiger partial charge in [-0.2, -0.15) is 0 Å². The number of carbonyl (C=O) groups is 1. The summed E-state index contributed by atoms with van der Waals surface area (Å²) in [5.74, 6) is -0.982. The van der Waals surface area contributed by atoms with Crippen molar-refractivity contribution in [1.82, 2.24) is 10.0 Å². The van der Waals surface area contributed by atoms with Crippen LogP contribution < -0.4 is 21.7 Å². The number of hydroxylamine groups is 1.